The topological polar surface area (TPSA) is 75.3 Å². The second kappa shape index (κ2) is 6.58. The second-order valence-corrected chi connectivity index (χ2v) is 7.77. The molecule has 1 aliphatic rings. The Bertz CT molecular complexity index is 596. The molecule has 1 amide bonds. The molecule has 2 atom stereocenters. The SMILES string of the molecule is CCS(=O)(=O)c1ccc(NC(=O)C2CCNC(C)C2)cc1. The molecule has 5 nitrogen and oxygen atoms in total. The molecule has 1 heterocycles. The normalized spacial score (nSPS) is 22.8. The first-order valence-corrected chi connectivity index (χ1v) is 8.94. The van der Waals surface area contributed by atoms with Gasteiger partial charge in [-0.2, -0.15) is 0 Å². The van der Waals surface area contributed by atoms with Crippen molar-refractivity contribution >= 4 is 21.4 Å². The van der Waals surface area contributed by atoms with Gasteiger partial charge < -0.3 is 10.6 Å². The molecule has 0 bridgehead atoms. The van der Waals surface area contributed by atoms with Gasteiger partial charge in [-0.3, -0.25) is 4.79 Å². The van der Waals surface area contributed by atoms with Crippen LogP contribution < -0.4 is 10.6 Å². The third-order valence-corrected chi connectivity index (χ3v) is 5.61. The van der Waals surface area contributed by atoms with Crippen LogP contribution in [0, 0.1) is 5.92 Å². The average Bonchev–Trinajstić information content (AvgIpc) is 2.48. The Morgan fingerprint density at radius 1 is 1.33 bits per heavy atom. The first-order valence-electron chi connectivity index (χ1n) is 7.29. The molecule has 0 spiro atoms. The van der Waals surface area contributed by atoms with Crippen molar-refractivity contribution in [3.05, 3.63) is 24.3 Å². The van der Waals surface area contributed by atoms with Crippen LogP contribution in [-0.4, -0.2) is 32.7 Å². The van der Waals surface area contributed by atoms with Gasteiger partial charge >= 0.3 is 0 Å². The van der Waals surface area contributed by atoms with Crippen molar-refractivity contribution in [2.24, 2.45) is 5.92 Å². The molecule has 116 valence electrons. The minimum Gasteiger partial charge on any atom is -0.326 e. The van der Waals surface area contributed by atoms with Gasteiger partial charge in [-0.05, 0) is 50.6 Å². The lowest BCUT2D eigenvalue weighted by molar-refractivity contribution is -0.120. The maximum Gasteiger partial charge on any atom is 0.227 e. The van der Waals surface area contributed by atoms with Crippen LogP contribution in [0.25, 0.3) is 0 Å². The molecule has 1 fully saturated rings. The summed E-state index contributed by atoms with van der Waals surface area (Å²) < 4.78 is 23.4. The lowest BCUT2D eigenvalue weighted by Crippen LogP contribution is -2.40. The van der Waals surface area contributed by atoms with E-state index in [2.05, 4.69) is 17.6 Å². The van der Waals surface area contributed by atoms with Crippen molar-refractivity contribution in [1.82, 2.24) is 5.32 Å². The average molecular weight is 310 g/mol. The quantitative estimate of drug-likeness (QED) is 0.889. The van der Waals surface area contributed by atoms with Crippen molar-refractivity contribution in [3.8, 4) is 0 Å². The summed E-state index contributed by atoms with van der Waals surface area (Å²) in [6, 6.07) is 6.72. The van der Waals surface area contributed by atoms with Crippen LogP contribution >= 0.6 is 0 Å². The van der Waals surface area contributed by atoms with Crippen LogP contribution in [0.5, 0.6) is 0 Å². The Kier molecular flexibility index (Phi) is 5.00. The van der Waals surface area contributed by atoms with Crippen molar-refractivity contribution in [2.45, 2.75) is 37.6 Å². The highest BCUT2D eigenvalue weighted by Crippen LogP contribution is 2.20. The van der Waals surface area contributed by atoms with Crippen LogP contribution in [0.1, 0.15) is 26.7 Å². The summed E-state index contributed by atoms with van der Waals surface area (Å²) in [6.07, 6.45) is 1.66. The number of anilines is 1. The highest BCUT2D eigenvalue weighted by molar-refractivity contribution is 7.91. The van der Waals surface area contributed by atoms with E-state index in [1.165, 1.54) is 0 Å². The van der Waals surface area contributed by atoms with Gasteiger partial charge in [0, 0.05) is 17.6 Å². The van der Waals surface area contributed by atoms with Gasteiger partial charge in [0.15, 0.2) is 9.84 Å². The maximum absolute atomic E-state index is 12.2. The predicted molar refractivity (Wildman–Crippen MR) is 83.0 cm³/mol. The van der Waals surface area contributed by atoms with Crippen molar-refractivity contribution in [2.75, 3.05) is 17.6 Å². The monoisotopic (exact) mass is 310 g/mol. The van der Waals surface area contributed by atoms with Crippen molar-refractivity contribution in [3.63, 3.8) is 0 Å². The molecule has 2 rings (SSSR count). The molecule has 0 saturated carbocycles. The van der Waals surface area contributed by atoms with E-state index in [1.807, 2.05) is 0 Å². The third-order valence-electron chi connectivity index (χ3n) is 3.86. The number of hydrogen-bond acceptors (Lipinski definition) is 4. The summed E-state index contributed by atoms with van der Waals surface area (Å²) in [5, 5.41) is 6.18. The number of piperidine rings is 1. The number of hydrogen-bond donors (Lipinski definition) is 2. The highest BCUT2D eigenvalue weighted by Gasteiger charge is 2.24. The Hall–Kier alpha value is -1.40. The second-order valence-electron chi connectivity index (χ2n) is 5.49. The molecule has 1 aromatic carbocycles. The molecular formula is C15H22N2O3S. The molecule has 21 heavy (non-hydrogen) atoms. The largest absolute Gasteiger partial charge is 0.326 e. The number of benzene rings is 1. The van der Waals surface area contributed by atoms with Gasteiger partial charge in [-0.15, -0.1) is 0 Å². The summed E-state index contributed by atoms with van der Waals surface area (Å²) in [4.78, 5) is 12.5. The fraction of sp³-hybridized carbons (Fsp3) is 0.533. The number of sulfone groups is 1. The fourth-order valence-electron chi connectivity index (χ4n) is 2.53. The first-order chi connectivity index (χ1) is 9.92. The summed E-state index contributed by atoms with van der Waals surface area (Å²) in [5.41, 5.74) is 0.640. The first kappa shape index (κ1) is 16.0. The Morgan fingerprint density at radius 3 is 2.57 bits per heavy atom. The van der Waals surface area contributed by atoms with Crippen LogP contribution in [0.15, 0.2) is 29.2 Å². The van der Waals surface area contributed by atoms with Crippen LogP contribution in [0.2, 0.25) is 0 Å². The number of nitrogens with one attached hydrogen (secondary N) is 2. The van der Waals surface area contributed by atoms with Crippen LogP contribution in [0.3, 0.4) is 0 Å². The molecule has 1 saturated heterocycles. The minimum absolute atomic E-state index is 0.00875. The lowest BCUT2D eigenvalue weighted by Gasteiger charge is -2.27. The molecule has 1 aromatic rings. The van der Waals surface area contributed by atoms with Crippen LogP contribution in [-0.2, 0) is 14.6 Å². The zero-order valence-electron chi connectivity index (χ0n) is 12.4. The van der Waals surface area contributed by atoms with E-state index in [0.717, 1.165) is 19.4 Å². The number of carbonyl (C=O) groups is 1. The van der Waals surface area contributed by atoms with Crippen LogP contribution in [0.4, 0.5) is 5.69 Å². The summed E-state index contributed by atoms with van der Waals surface area (Å²) in [7, 11) is -3.19. The number of rotatable bonds is 4. The predicted octanol–water partition coefficient (Wildman–Crippen LogP) is 1.81. The maximum atomic E-state index is 12.2. The lowest BCUT2D eigenvalue weighted by atomic mass is 9.92. The summed E-state index contributed by atoms with van der Waals surface area (Å²) >= 11 is 0. The van der Waals surface area contributed by atoms with Crippen molar-refractivity contribution < 1.29 is 13.2 Å². The highest BCUT2D eigenvalue weighted by atomic mass is 32.2. The fourth-order valence-corrected chi connectivity index (χ4v) is 3.41. The van der Waals surface area contributed by atoms with E-state index in [9.17, 15) is 13.2 Å². The minimum atomic E-state index is -3.19. The van der Waals surface area contributed by atoms with Gasteiger partial charge in [0.25, 0.3) is 0 Å². The molecule has 2 unspecified atom stereocenters. The molecule has 2 N–H and O–H groups in total. The zero-order valence-corrected chi connectivity index (χ0v) is 13.2. The van der Waals surface area contributed by atoms with E-state index in [4.69, 9.17) is 0 Å². The standard InChI is InChI=1S/C15H22N2O3S/c1-3-21(19,20)14-6-4-13(5-7-14)17-15(18)12-8-9-16-11(2)10-12/h4-7,11-12,16H,3,8-10H2,1-2H3,(H,17,18). The van der Waals surface area contributed by atoms with E-state index in [1.54, 1.807) is 31.2 Å². The molecule has 6 heteroatoms. The van der Waals surface area contributed by atoms with Gasteiger partial charge in [-0.1, -0.05) is 6.92 Å². The third kappa shape index (κ3) is 4.04. The zero-order chi connectivity index (χ0) is 15.5. The van der Waals surface area contributed by atoms with Gasteiger partial charge in [0.05, 0.1) is 10.6 Å². The Labute approximate surface area is 126 Å². The van der Waals surface area contributed by atoms with E-state index < -0.39 is 9.84 Å². The van der Waals surface area contributed by atoms with Gasteiger partial charge in [0.2, 0.25) is 5.91 Å². The smallest absolute Gasteiger partial charge is 0.227 e. The Balaban J connectivity index is 2.02. The van der Waals surface area contributed by atoms with E-state index in [-0.39, 0.29) is 17.6 Å². The molecular weight excluding hydrogens is 288 g/mol. The van der Waals surface area contributed by atoms with E-state index in [0.29, 0.717) is 16.6 Å². The molecule has 1 aliphatic heterocycles. The Morgan fingerprint density at radius 2 is 2.00 bits per heavy atom. The van der Waals surface area contributed by atoms with E-state index >= 15 is 0 Å². The summed E-state index contributed by atoms with van der Waals surface area (Å²) in [6.45, 7) is 4.54. The number of carbonyl (C=O) groups excluding carboxylic acids is 1. The number of amides is 1. The van der Waals surface area contributed by atoms with Gasteiger partial charge in [-0.25, -0.2) is 8.42 Å². The van der Waals surface area contributed by atoms with Gasteiger partial charge in [0.1, 0.15) is 0 Å². The molecule has 0 radical (unpaired) electrons. The molecule has 0 aliphatic carbocycles. The summed E-state index contributed by atoms with van der Waals surface area (Å²) in [5.74, 6) is 0.0980. The molecule has 0 aromatic heterocycles. The van der Waals surface area contributed by atoms with Crippen molar-refractivity contribution in [1.29, 1.82) is 0 Å².